The molecule has 1 aromatic carbocycles. The van der Waals surface area contributed by atoms with Gasteiger partial charge >= 0.3 is 6.09 Å². The van der Waals surface area contributed by atoms with Crippen molar-refractivity contribution in [2.45, 2.75) is 39.7 Å². The second-order valence-electron chi connectivity index (χ2n) is 6.48. The summed E-state index contributed by atoms with van der Waals surface area (Å²) in [5, 5.41) is 17.9. The number of rotatable bonds is 7. The van der Waals surface area contributed by atoms with Gasteiger partial charge in [0.2, 0.25) is 0 Å². The third-order valence-electron chi connectivity index (χ3n) is 3.02. The van der Waals surface area contributed by atoms with Gasteiger partial charge in [-0.1, -0.05) is 12.1 Å². The van der Waals surface area contributed by atoms with Crippen LogP contribution in [-0.4, -0.2) is 49.0 Å². The number of aliphatic hydroxyl groups excluding tert-OH is 1. The Morgan fingerprint density at radius 2 is 1.85 bits per heavy atom. The molecule has 148 valence electrons. The highest BCUT2D eigenvalue weighted by Gasteiger charge is 2.15. The van der Waals surface area contributed by atoms with E-state index in [9.17, 15) is 4.79 Å². The number of nitrogens with zero attached hydrogens (tertiary/aromatic N) is 1. The minimum atomic E-state index is -0.516. The summed E-state index contributed by atoms with van der Waals surface area (Å²) in [6, 6.07) is 7.63. The third-order valence-corrected chi connectivity index (χ3v) is 3.02. The number of hydrogen-bond acceptors (Lipinski definition) is 4. The van der Waals surface area contributed by atoms with E-state index in [2.05, 4.69) is 20.9 Å². The second kappa shape index (κ2) is 12.7. The van der Waals surface area contributed by atoms with E-state index in [1.165, 1.54) is 0 Å². The van der Waals surface area contributed by atoms with Crippen LogP contribution in [0, 0.1) is 0 Å². The van der Waals surface area contributed by atoms with Gasteiger partial charge in [-0.2, -0.15) is 0 Å². The number of guanidine groups is 1. The van der Waals surface area contributed by atoms with E-state index >= 15 is 0 Å². The molecule has 0 spiro atoms. The Bertz CT molecular complexity index is 557. The molecular formula is C18H31IN4O3. The van der Waals surface area contributed by atoms with E-state index in [4.69, 9.17) is 9.84 Å². The van der Waals surface area contributed by atoms with Crippen molar-refractivity contribution < 1.29 is 14.6 Å². The van der Waals surface area contributed by atoms with Crippen molar-refractivity contribution in [3.63, 3.8) is 0 Å². The van der Waals surface area contributed by atoms with Crippen molar-refractivity contribution in [2.75, 3.05) is 31.6 Å². The predicted molar refractivity (Wildman–Crippen MR) is 116 cm³/mol. The first kappa shape index (κ1) is 24.5. The van der Waals surface area contributed by atoms with Crippen molar-refractivity contribution in [1.82, 2.24) is 10.6 Å². The quantitative estimate of drug-likeness (QED) is 0.275. The van der Waals surface area contributed by atoms with Gasteiger partial charge in [0, 0.05) is 18.8 Å². The van der Waals surface area contributed by atoms with Gasteiger partial charge in [0.1, 0.15) is 5.60 Å². The maximum absolute atomic E-state index is 11.7. The lowest BCUT2D eigenvalue weighted by Gasteiger charge is -2.19. The summed E-state index contributed by atoms with van der Waals surface area (Å²) in [4.78, 5) is 15.9. The molecule has 0 bridgehead atoms. The smallest absolute Gasteiger partial charge is 0.412 e. The maximum atomic E-state index is 11.7. The molecule has 8 heteroatoms. The first-order valence-corrected chi connectivity index (χ1v) is 8.56. The summed E-state index contributed by atoms with van der Waals surface area (Å²) in [5.41, 5.74) is 1.32. The molecule has 0 aliphatic rings. The van der Waals surface area contributed by atoms with Gasteiger partial charge in [-0.3, -0.25) is 10.3 Å². The van der Waals surface area contributed by atoms with Gasteiger partial charge in [0.15, 0.2) is 5.96 Å². The van der Waals surface area contributed by atoms with Gasteiger partial charge in [-0.15, -0.1) is 24.0 Å². The highest BCUT2D eigenvalue weighted by atomic mass is 127. The van der Waals surface area contributed by atoms with E-state index in [0.29, 0.717) is 18.2 Å². The normalized spacial score (nSPS) is 11.3. The monoisotopic (exact) mass is 478 g/mol. The molecule has 26 heavy (non-hydrogen) atoms. The highest BCUT2D eigenvalue weighted by Crippen LogP contribution is 2.13. The molecule has 0 fully saturated rings. The van der Waals surface area contributed by atoms with Crippen molar-refractivity contribution in [2.24, 2.45) is 4.99 Å². The molecule has 0 aromatic heterocycles. The van der Waals surface area contributed by atoms with Gasteiger partial charge in [-0.05, 0) is 51.8 Å². The number of halogens is 1. The Morgan fingerprint density at radius 1 is 1.19 bits per heavy atom. The Hall–Kier alpha value is -1.55. The van der Waals surface area contributed by atoms with Crippen molar-refractivity contribution in [3.05, 3.63) is 29.8 Å². The van der Waals surface area contributed by atoms with E-state index in [-0.39, 0.29) is 30.6 Å². The predicted octanol–water partition coefficient (Wildman–Crippen LogP) is 2.74. The number of anilines is 1. The second-order valence-corrected chi connectivity index (χ2v) is 6.48. The number of carbonyl (C=O) groups excluding carboxylic acids is 1. The summed E-state index contributed by atoms with van der Waals surface area (Å²) in [5.74, 6) is 0.694. The lowest BCUT2D eigenvalue weighted by molar-refractivity contribution is 0.0636. The van der Waals surface area contributed by atoms with E-state index in [0.717, 1.165) is 25.1 Å². The fourth-order valence-electron chi connectivity index (χ4n) is 2.00. The molecule has 0 heterocycles. The molecule has 0 aliphatic heterocycles. The zero-order valence-electron chi connectivity index (χ0n) is 16.0. The maximum Gasteiger partial charge on any atom is 0.412 e. The zero-order valence-corrected chi connectivity index (χ0v) is 18.3. The van der Waals surface area contributed by atoms with Crippen LogP contribution in [0.1, 0.15) is 33.3 Å². The van der Waals surface area contributed by atoms with Crippen LogP contribution < -0.4 is 16.0 Å². The fourth-order valence-corrected chi connectivity index (χ4v) is 2.00. The van der Waals surface area contributed by atoms with Crippen LogP contribution in [0.2, 0.25) is 0 Å². The Balaban J connectivity index is 0.00000625. The fraction of sp³-hybridized carbons (Fsp3) is 0.556. The summed E-state index contributed by atoms with van der Waals surface area (Å²) in [7, 11) is 0. The molecular weight excluding hydrogens is 447 g/mol. The minimum Gasteiger partial charge on any atom is -0.444 e. The molecule has 0 unspecified atom stereocenters. The molecule has 0 radical (unpaired) electrons. The number of nitrogens with one attached hydrogen (secondary N) is 3. The van der Waals surface area contributed by atoms with Crippen molar-refractivity contribution in [3.8, 4) is 0 Å². The van der Waals surface area contributed by atoms with Crippen molar-refractivity contribution in [1.29, 1.82) is 0 Å². The molecule has 0 aliphatic carbocycles. The van der Waals surface area contributed by atoms with E-state index < -0.39 is 11.7 Å². The number of aliphatic imine (C=N–C) groups is 1. The SMILES string of the molecule is CCNC(=NCCO)NCCc1ccc(NC(=O)OC(C)(C)C)cc1.I. The Morgan fingerprint density at radius 3 is 2.38 bits per heavy atom. The van der Waals surface area contributed by atoms with Gasteiger partial charge in [0.25, 0.3) is 0 Å². The highest BCUT2D eigenvalue weighted by molar-refractivity contribution is 14.0. The molecule has 1 rings (SSSR count). The van der Waals surface area contributed by atoms with Gasteiger partial charge in [-0.25, -0.2) is 4.79 Å². The van der Waals surface area contributed by atoms with E-state index in [1.54, 1.807) is 0 Å². The number of ether oxygens (including phenoxy) is 1. The first-order chi connectivity index (χ1) is 11.8. The number of aliphatic hydroxyl groups is 1. The largest absolute Gasteiger partial charge is 0.444 e. The molecule has 7 nitrogen and oxygen atoms in total. The molecule has 4 N–H and O–H groups in total. The lowest BCUT2D eigenvalue weighted by Crippen LogP contribution is -2.38. The topological polar surface area (TPSA) is 95.0 Å². The standard InChI is InChI=1S/C18H30N4O3.HI/c1-5-19-16(21-12-13-23)20-11-10-14-6-8-15(9-7-14)22-17(24)25-18(2,3)4;/h6-9,23H,5,10-13H2,1-4H3,(H,22,24)(H2,19,20,21);1H. The van der Waals surface area contributed by atoms with Gasteiger partial charge < -0.3 is 20.5 Å². The molecule has 0 saturated carbocycles. The molecule has 1 amide bonds. The summed E-state index contributed by atoms with van der Waals surface area (Å²) < 4.78 is 5.22. The van der Waals surface area contributed by atoms with Crippen LogP contribution >= 0.6 is 24.0 Å². The third kappa shape index (κ3) is 11.1. The van der Waals surface area contributed by atoms with Crippen LogP contribution in [0.15, 0.2) is 29.3 Å². The summed E-state index contributed by atoms with van der Waals surface area (Å²) in [6.45, 7) is 9.37. The van der Waals surface area contributed by atoms with Crippen LogP contribution in [0.5, 0.6) is 0 Å². The molecule has 0 atom stereocenters. The molecule has 1 aromatic rings. The average molecular weight is 478 g/mol. The van der Waals surface area contributed by atoms with Crippen LogP contribution in [0.25, 0.3) is 0 Å². The zero-order chi connectivity index (χ0) is 18.7. The average Bonchev–Trinajstić information content (AvgIpc) is 2.52. The van der Waals surface area contributed by atoms with Crippen LogP contribution in [0.4, 0.5) is 10.5 Å². The van der Waals surface area contributed by atoms with Crippen LogP contribution in [0.3, 0.4) is 0 Å². The minimum absolute atomic E-state index is 0. The number of carbonyl (C=O) groups is 1. The van der Waals surface area contributed by atoms with Crippen molar-refractivity contribution >= 4 is 41.7 Å². The Kier molecular flexibility index (Phi) is 12.0. The summed E-state index contributed by atoms with van der Waals surface area (Å²) >= 11 is 0. The Labute approximate surface area is 173 Å². The van der Waals surface area contributed by atoms with Gasteiger partial charge in [0.05, 0.1) is 13.2 Å². The number of amides is 1. The number of benzene rings is 1. The first-order valence-electron chi connectivity index (χ1n) is 8.56. The van der Waals surface area contributed by atoms with E-state index in [1.807, 2.05) is 52.0 Å². The molecule has 0 saturated heterocycles. The van der Waals surface area contributed by atoms with Crippen LogP contribution in [-0.2, 0) is 11.2 Å². The number of hydrogen-bond donors (Lipinski definition) is 4. The summed E-state index contributed by atoms with van der Waals surface area (Å²) in [6.07, 6.45) is 0.355. The lowest BCUT2D eigenvalue weighted by atomic mass is 10.1.